The molecule has 1 fully saturated rings. The molecule has 0 aromatic heterocycles. The van der Waals surface area contributed by atoms with Crippen LogP contribution in [0.4, 0.5) is 5.69 Å². The minimum atomic E-state index is 0.172. The molecule has 18 heavy (non-hydrogen) atoms. The summed E-state index contributed by atoms with van der Waals surface area (Å²) in [4.78, 5) is 12.0. The predicted octanol–water partition coefficient (Wildman–Crippen LogP) is 4.51. The monoisotopic (exact) mass is 357 g/mol. The van der Waals surface area contributed by atoms with Crippen LogP contribution < -0.4 is 5.32 Å². The van der Waals surface area contributed by atoms with Gasteiger partial charge in [0.2, 0.25) is 5.91 Å². The van der Waals surface area contributed by atoms with Gasteiger partial charge in [-0.05, 0) is 72.0 Å². The Kier molecular flexibility index (Phi) is 5.03. The van der Waals surface area contributed by atoms with Crippen LogP contribution in [-0.4, -0.2) is 5.91 Å². The first-order valence-electron chi connectivity index (χ1n) is 6.71. The summed E-state index contributed by atoms with van der Waals surface area (Å²) < 4.78 is 1.20. The second kappa shape index (κ2) is 6.55. The molecule has 1 saturated carbocycles. The van der Waals surface area contributed by atoms with Crippen molar-refractivity contribution in [2.75, 3.05) is 5.32 Å². The van der Waals surface area contributed by atoms with Gasteiger partial charge in [0.25, 0.3) is 0 Å². The predicted molar refractivity (Wildman–Crippen MR) is 83.7 cm³/mol. The van der Waals surface area contributed by atoms with Gasteiger partial charge in [0, 0.05) is 15.7 Å². The highest BCUT2D eigenvalue weighted by atomic mass is 127. The van der Waals surface area contributed by atoms with Crippen molar-refractivity contribution in [1.29, 1.82) is 0 Å². The Labute approximate surface area is 123 Å². The van der Waals surface area contributed by atoms with E-state index in [1.807, 2.05) is 19.1 Å². The Balaban J connectivity index is 1.90. The lowest BCUT2D eigenvalue weighted by Gasteiger charge is -2.21. The van der Waals surface area contributed by atoms with Gasteiger partial charge in [-0.2, -0.15) is 0 Å². The summed E-state index contributed by atoms with van der Waals surface area (Å²) in [6.45, 7) is 2.04. The van der Waals surface area contributed by atoms with Crippen molar-refractivity contribution < 1.29 is 4.79 Å². The average Bonchev–Trinajstić information content (AvgIpc) is 2.34. The number of nitrogens with one attached hydrogen (secondary N) is 1. The van der Waals surface area contributed by atoms with E-state index in [2.05, 4.69) is 34.0 Å². The number of amides is 1. The molecule has 2 nitrogen and oxygen atoms in total. The molecular weight excluding hydrogens is 337 g/mol. The summed E-state index contributed by atoms with van der Waals surface area (Å²) in [5, 5.41) is 3.04. The standard InChI is InChI=1S/C15H20INO/c1-11-9-13(16)7-8-14(11)17-15(18)10-12-5-3-2-4-6-12/h7-9,12H,2-6,10H2,1H3,(H,17,18). The zero-order chi connectivity index (χ0) is 13.0. The van der Waals surface area contributed by atoms with E-state index in [1.165, 1.54) is 35.7 Å². The van der Waals surface area contributed by atoms with Gasteiger partial charge in [-0.3, -0.25) is 4.79 Å². The van der Waals surface area contributed by atoms with Crippen LogP contribution in [0.2, 0.25) is 0 Å². The van der Waals surface area contributed by atoms with E-state index in [4.69, 9.17) is 0 Å². The highest BCUT2D eigenvalue weighted by molar-refractivity contribution is 14.1. The van der Waals surface area contributed by atoms with Gasteiger partial charge in [-0.1, -0.05) is 19.3 Å². The molecule has 1 N–H and O–H groups in total. The molecule has 1 aliphatic rings. The van der Waals surface area contributed by atoms with Crippen molar-refractivity contribution in [3.05, 3.63) is 27.3 Å². The smallest absolute Gasteiger partial charge is 0.224 e. The van der Waals surface area contributed by atoms with Gasteiger partial charge < -0.3 is 5.32 Å². The van der Waals surface area contributed by atoms with Gasteiger partial charge in [0.05, 0.1) is 0 Å². The summed E-state index contributed by atoms with van der Waals surface area (Å²) in [6.07, 6.45) is 7.05. The van der Waals surface area contributed by atoms with E-state index in [1.54, 1.807) is 0 Å². The summed E-state index contributed by atoms with van der Waals surface area (Å²) in [7, 11) is 0. The van der Waals surface area contributed by atoms with Gasteiger partial charge in [0.1, 0.15) is 0 Å². The number of aryl methyl sites for hydroxylation is 1. The largest absolute Gasteiger partial charge is 0.326 e. The lowest BCUT2D eigenvalue weighted by atomic mass is 9.87. The SMILES string of the molecule is Cc1cc(I)ccc1NC(=O)CC1CCCCC1. The van der Waals surface area contributed by atoms with Crippen molar-refractivity contribution in [3.63, 3.8) is 0 Å². The fourth-order valence-electron chi connectivity index (χ4n) is 2.62. The molecule has 98 valence electrons. The van der Waals surface area contributed by atoms with Crippen LogP contribution in [0, 0.1) is 16.4 Å². The van der Waals surface area contributed by atoms with Gasteiger partial charge in [0.15, 0.2) is 0 Å². The molecule has 1 aromatic carbocycles. The van der Waals surface area contributed by atoms with Crippen LogP contribution in [-0.2, 0) is 4.79 Å². The van der Waals surface area contributed by atoms with Gasteiger partial charge in [-0.15, -0.1) is 0 Å². The Morgan fingerprint density at radius 2 is 2.06 bits per heavy atom. The van der Waals surface area contributed by atoms with E-state index >= 15 is 0 Å². The fourth-order valence-corrected chi connectivity index (χ4v) is 3.27. The van der Waals surface area contributed by atoms with E-state index in [0.29, 0.717) is 12.3 Å². The molecule has 0 heterocycles. The third kappa shape index (κ3) is 3.97. The van der Waals surface area contributed by atoms with Crippen LogP contribution in [0.25, 0.3) is 0 Å². The van der Waals surface area contributed by atoms with Crippen molar-refractivity contribution in [3.8, 4) is 0 Å². The average molecular weight is 357 g/mol. The van der Waals surface area contributed by atoms with Gasteiger partial charge in [-0.25, -0.2) is 0 Å². The molecule has 1 amide bonds. The molecule has 0 saturated heterocycles. The highest BCUT2D eigenvalue weighted by Gasteiger charge is 2.17. The molecule has 1 aromatic rings. The second-order valence-corrected chi connectivity index (χ2v) is 6.46. The second-order valence-electron chi connectivity index (χ2n) is 5.22. The number of rotatable bonds is 3. The van der Waals surface area contributed by atoms with Crippen LogP contribution in [0.1, 0.15) is 44.1 Å². The summed E-state index contributed by atoms with van der Waals surface area (Å²) in [6, 6.07) is 6.12. The Morgan fingerprint density at radius 3 is 2.72 bits per heavy atom. The van der Waals surface area contributed by atoms with E-state index < -0.39 is 0 Å². The van der Waals surface area contributed by atoms with Gasteiger partial charge >= 0.3 is 0 Å². The summed E-state index contributed by atoms with van der Waals surface area (Å²) in [5.74, 6) is 0.772. The number of carbonyl (C=O) groups is 1. The molecule has 2 rings (SSSR count). The van der Waals surface area contributed by atoms with Crippen molar-refractivity contribution in [2.24, 2.45) is 5.92 Å². The topological polar surface area (TPSA) is 29.1 Å². The molecule has 0 radical (unpaired) electrons. The van der Waals surface area contributed by atoms with Crippen molar-refractivity contribution in [1.82, 2.24) is 0 Å². The number of benzene rings is 1. The maximum absolute atomic E-state index is 12.0. The first-order valence-corrected chi connectivity index (χ1v) is 7.79. The molecular formula is C15H20INO. The number of carbonyl (C=O) groups excluding carboxylic acids is 1. The number of hydrogen-bond acceptors (Lipinski definition) is 1. The molecule has 0 bridgehead atoms. The van der Waals surface area contributed by atoms with Crippen LogP contribution in [0.5, 0.6) is 0 Å². The lowest BCUT2D eigenvalue weighted by molar-refractivity contribution is -0.117. The Hall–Kier alpha value is -0.580. The normalized spacial score (nSPS) is 16.6. The van der Waals surface area contributed by atoms with Crippen molar-refractivity contribution >= 4 is 34.2 Å². The van der Waals surface area contributed by atoms with Crippen LogP contribution >= 0.6 is 22.6 Å². The molecule has 0 atom stereocenters. The van der Waals surface area contributed by atoms with E-state index in [9.17, 15) is 4.79 Å². The highest BCUT2D eigenvalue weighted by Crippen LogP contribution is 2.27. The molecule has 0 aliphatic heterocycles. The number of hydrogen-bond donors (Lipinski definition) is 1. The van der Waals surface area contributed by atoms with Crippen LogP contribution in [0.3, 0.4) is 0 Å². The molecule has 0 spiro atoms. The number of halogens is 1. The molecule has 0 unspecified atom stereocenters. The minimum Gasteiger partial charge on any atom is -0.326 e. The fraction of sp³-hybridized carbons (Fsp3) is 0.533. The summed E-state index contributed by atoms with van der Waals surface area (Å²) in [5.41, 5.74) is 2.09. The zero-order valence-corrected chi connectivity index (χ0v) is 13.0. The maximum atomic E-state index is 12.0. The van der Waals surface area contributed by atoms with E-state index in [-0.39, 0.29) is 5.91 Å². The molecule has 1 aliphatic carbocycles. The van der Waals surface area contributed by atoms with Crippen molar-refractivity contribution in [2.45, 2.75) is 45.4 Å². The first-order chi connectivity index (χ1) is 8.65. The number of anilines is 1. The summed E-state index contributed by atoms with van der Waals surface area (Å²) >= 11 is 2.29. The maximum Gasteiger partial charge on any atom is 0.224 e. The van der Waals surface area contributed by atoms with Crippen LogP contribution in [0.15, 0.2) is 18.2 Å². The lowest BCUT2D eigenvalue weighted by Crippen LogP contribution is -2.18. The Morgan fingerprint density at radius 1 is 1.33 bits per heavy atom. The quantitative estimate of drug-likeness (QED) is 0.793. The zero-order valence-electron chi connectivity index (χ0n) is 10.8. The first kappa shape index (κ1) is 13.8. The minimum absolute atomic E-state index is 0.172. The third-order valence-electron chi connectivity index (χ3n) is 3.66. The molecule has 3 heteroatoms. The third-order valence-corrected chi connectivity index (χ3v) is 4.33. The Bertz CT molecular complexity index is 425. The van der Waals surface area contributed by atoms with E-state index in [0.717, 1.165) is 11.3 Å².